The summed E-state index contributed by atoms with van der Waals surface area (Å²) in [6.45, 7) is 2.00. The molecule has 0 aliphatic heterocycles. The summed E-state index contributed by atoms with van der Waals surface area (Å²) in [4.78, 5) is 34.6. The first kappa shape index (κ1) is 19.2. The van der Waals surface area contributed by atoms with Gasteiger partial charge in [-0.05, 0) is 29.7 Å². The number of ether oxygens (including phenoxy) is 1. The normalized spacial score (nSPS) is 10.0. The summed E-state index contributed by atoms with van der Waals surface area (Å²) < 4.78 is 5.01. The maximum absolute atomic E-state index is 11.9. The molecule has 136 valence electrons. The van der Waals surface area contributed by atoms with Crippen LogP contribution >= 0.6 is 0 Å². The smallest absolute Gasteiger partial charge is 0.338 e. The van der Waals surface area contributed by atoms with E-state index < -0.39 is 5.97 Å². The summed E-state index contributed by atoms with van der Waals surface area (Å²) in [7, 11) is 0. The van der Waals surface area contributed by atoms with E-state index in [4.69, 9.17) is 4.74 Å². The van der Waals surface area contributed by atoms with Crippen LogP contribution in [0.25, 0.3) is 0 Å². The molecule has 2 amide bonds. The minimum Gasteiger partial charge on any atom is -0.452 e. The van der Waals surface area contributed by atoms with Gasteiger partial charge in [0.25, 0.3) is 5.91 Å². The molecule has 6 heteroatoms. The highest BCUT2D eigenvalue weighted by molar-refractivity contribution is 5.91. The van der Waals surface area contributed by atoms with Crippen LogP contribution in [0.15, 0.2) is 54.6 Å². The van der Waals surface area contributed by atoms with Gasteiger partial charge in [-0.2, -0.15) is 0 Å². The van der Waals surface area contributed by atoms with Crippen LogP contribution < -0.4 is 10.6 Å². The predicted octanol–water partition coefficient (Wildman–Crippen LogP) is 1.84. The molecule has 0 heterocycles. The summed E-state index contributed by atoms with van der Waals surface area (Å²) >= 11 is 0. The molecule has 0 saturated heterocycles. The molecule has 2 rings (SSSR count). The quantitative estimate of drug-likeness (QED) is 0.709. The summed E-state index contributed by atoms with van der Waals surface area (Å²) in [5.41, 5.74) is 2.35. The van der Waals surface area contributed by atoms with Crippen LogP contribution in [-0.2, 0) is 27.3 Å². The Kier molecular flexibility index (Phi) is 7.36. The lowest BCUT2D eigenvalue weighted by Crippen LogP contribution is -2.30. The van der Waals surface area contributed by atoms with Crippen molar-refractivity contribution in [2.75, 3.05) is 13.2 Å². The summed E-state index contributed by atoms with van der Waals surface area (Å²) in [6, 6.07) is 16.5. The van der Waals surface area contributed by atoms with Gasteiger partial charge in [0.15, 0.2) is 6.61 Å². The standard InChI is InChI=1S/C20H22N2O4/c1-15(23)22-13-17-7-9-18(10-8-17)20(25)26-14-19(24)21-12-11-16-5-3-2-4-6-16/h2-10H,11-14H2,1H3,(H,21,24)(H,22,23). The first-order valence-corrected chi connectivity index (χ1v) is 8.35. The van der Waals surface area contributed by atoms with Gasteiger partial charge in [-0.1, -0.05) is 42.5 Å². The van der Waals surface area contributed by atoms with Gasteiger partial charge in [0.2, 0.25) is 5.91 Å². The molecule has 2 aromatic rings. The fourth-order valence-electron chi connectivity index (χ4n) is 2.24. The monoisotopic (exact) mass is 354 g/mol. The van der Waals surface area contributed by atoms with E-state index in [1.165, 1.54) is 6.92 Å². The van der Waals surface area contributed by atoms with Crippen molar-refractivity contribution in [3.8, 4) is 0 Å². The largest absolute Gasteiger partial charge is 0.452 e. The molecule has 0 saturated carbocycles. The third-order valence-corrected chi connectivity index (χ3v) is 3.64. The van der Waals surface area contributed by atoms with E-state index in [9.17, 15) is 14.4 Å². The number of carbonyl (C=O) groups is 3. The average Bonchev–Trinajstić information content (AvgIpc) is 2.65. The number of amides is 2. The molecule has 0 aliphatic rings. The molecule has 0 unspecified atom stereocenters. The minimum absolute atomic E-state index is 0.119. The van der Waals surface area contributed by atoms with Crippen LogP contribution in [0, 0.1) is 0 Å². The Bertz CT molecular complexity index is 742. The Labute approximate surface area is 152 Å². The van der Waals surface area contributed by atoms with Crippen LogP contribution in [0.1, 0.15) is 28.4 Å². The maximum atomic E-state index is 11.9. The van der Waals surface area contributed by atoms with Gasteiger partial charge in [0.05, 0.1) is 5.56 Å². The zero-order valence-corrected chi connectivity index (χ0v) is 14.7. The van der Waals surface area contributed by atoms with Crippen molar-refractivity contribution in [1.82, 2.24) is 10.6 Å². The van der Waals surface area contributed by atoms with Gasteiger partial charge >= 0.3 is 5.97 Å². The van der Waals surface area contributed by atoms with Crippen LogP contribution in [0.2, 0.25) is 0 Å². The molecule has 0 aliphatic carbocycles. The molecule has 26 heavy (non-hydrogen) atoms. The van der Waals surface area contributed by atoms with Crippen LogP contribution in [0.4, 0.5) is 0 Å². The highest BCUT2D eigenvalue weighted by atomic mass is 16.5. The van der Waals surface area contributed by atoms with Gasteiger partial charge in [-0.25, -0.2) is 4.79 Å². The van der Waals surface area contributed by atoms with Crippen molar-refractivity contribution in [2.45, 2.75) is 19.9 Å². The third-order valence-electron chi connectivity index (χ3n) is 3.64. The Morgan fingerprint density at radius 2 is 1.58 bits per heavy atom. The fourth-order valence-corrected chi connectivity index (χ4v) is 2.24. The van der Waals surface area contributed by atoms with Crippen LogP contribution in [0.3, 0.4) is 0 Å². The molecule has 0 aromatic heterocycles. The number of hydrogen-bond acceptors (Lipinski definition) is 4. The zero-order chi connectivity index (χ0) is 18.8. The summed E-state index contributed by atoms with van der Waals surface area (Å²) in [6.07, 6.45) is 0.719. The van der Waals surface area contributed by atoms with Crippen molar-refractivity contribution in [1.29, 1.82) is 0 Å². The fraction of sp³-hybridized carbons (Fsp3) is 0.250. The molecular weight excluding hydrogens is 332 g/mol. The van der Waals surface area contributed by atoms with Crippen molar-refractivity contribution in [3.05, 3.63) is 71.3 Å². The van der Waals surface area contributed by atoms with Crippen molar-refractivity contribution in [2.24, 2.45) is 0 Å². The molecule has 2 N–H and O–H groups in total. The molecular formula is C20H22N2O4. The lowest BCUT2D eigenvalue weighted by atomic mass is 10.1. The van der Waals surface area contributed by atoms with E-state index in [0.29, 0.717) is 18.7 Å². The molecule has 0 atom stereocenters. The Hall–Kier alpha value is -3.15. The number of benzene rings is 2. The second-order valence-electron chi connectivity index (χ2n) is 5.77. The van der Waals surface area contributed by atoms with Crippen LogP contribution in [-0.4, -0.2) is 30.9 Å². The number of hydrogen-bond donors (Lipinski definition) is 2. The Morgan fingerprint density at radius 3 is 2.23 bits per heavy atom. The average molecular weight is 354 g/mol. The Balaban J connectivity index is 1.70. The van der Waals surface area contributed by atoms with Crippen molar-refractivity contribution < 1.29 is 19.1 Å². The highest BCUT2D eigenvalue weighted by Crippen LogP contribution is 2.06. The molecule has 0 fully saturated rings. The topological polar surface area (TPSA) is 84.5 Å². The second kappa shape index (κ2) is 9.98. The van der Waals surface area contributed by atoms with E-state index in [-0.39, 0.29) is 18.4 Å². The number of nitrogens with one attached hydrogen (secondary N) is 2. The van der Waals surface area contributed by atoms with Gasteiger partial charge in [0.1, 0.15) is 0 Å². The molecule has 0 spiro atoms. The van der Waals surface area contributed by atoms with E-state index in [2.05, 4.69) is 10.6 Å². The lowest BCUT2D eigenvalue weighted by molar-refractivity contribution is -0.124. The van der Waals surface area contributed by atoms with E-state index >= 15 is 0 Å². The minimum atomic E-state index is -0.561. The molecule has 6 nitrogen and oxygen atoms in total. The van der Waals surface area contributed by atoms with E-state index in [1.807, 2.05) is 30.3 Å². The SMILES string of the molecule is CC(=O)NCc1ccc(C(=O)OCC(=O)NCCc2ccccc2)cc1. The van der Waals surface area contributed by atoms with Crippen LogP contribution in [0.5, 0.6) is 0 Å². The van der Waals surface area contributed by atoms with Crippen molar-refractivity contribution in [3.63, 3.8) is 0 Å². The van der Waals surface area contributed by atoms with Gasteiger partial charge in [0, 0.05) is 20.0 Å². The van der Waals surface area contributed by atoms with Gasteiger partial charge in [-0.3, -0.25) is 9.59 Å². The first-order valence-electron chi connectivity index (χ1n) is 8.35. The zero-order valence-electron chi connectivity index (χ0n) is 14.7. The molecule has 0 bridgehead atoms. The third kappa shape index (κ3) is 6.76. The molecule has 0 radical (unpaired) electrons. The van der Waals surface area contributed by atoms with E-state index in [0.717, 1.165) is 17.5 Å². The highest BCUT2D eigenvalue weighted by Gasteiger charge is 2.10. The lowest BCUT2D eigenvalue weighted by Gasteiger charge is -2.07. The van der Waals surface area contributed by atoms with Crippen molar-refractivity contribution >= 4 is 17.8 Å². The summed E-state index contributed by atoms with van der Waals surface area (Å²) in [5, 5.41) is 5.39. The number of rotatable bonds is 8. The summed E-state index contributed by atoms with van der Waals surface area (Å²) in [5.74, 6) is -1.02. The predicted molar refractivity (Wildman–Crippen MR) is 97.4 cm³/mol. The second-order valence-corrected chi connectivity index (χ2v) is 5.77. The molecule has 2 aromatic carbocycles. The van der Waals surface area contributed by atoms with Gasteiger partial charge < -0.3 is 15.4 Å². The first-order chi connectivity index (χ1) is 12.5. The van der Waals surface area contributed by atoms with Gasteiger partial charge in [-0.15, -0.1) is 0 Å². The Morgan fingerprint density at radius 1 is 0.885 bits per heavy atom. The number of esters is 1. The maximum Gasteiger partial charge on any atom is 0.338 e. The van der Waals surface area contributed by atoms with E-state index in [1.54, 1.807) is 24.3 Å². The number of carbonyl (C=O) groups excluding carboxylic acids is 3.